The molecule has 29 heavy (non-hydrogen) atoms. The zero-order chi connectivity index (χ0) is 20.7. The summed E-state index contributed by atoms with van der Waals surface area (Å²) in [6.07, 6.45) is 13.6. The average Bonchev–Trinajstić information content (AvgIpc) is 3.07. The van der Waals surface area contributed by atoms with Crippen LogP contribution in [0.2, 0.25) is 0 Å². The maximum absolute atomic E-state index is 10.9. The van der Waals surface area contributed by atoms with E-state index in [4.69, 9.17) is 9.47 Å². The lowest BCUT2D eigenvalue weighted by molar-refractivity contribution is -0.131. The minimum Gasteiger partial charge on any atom is -0.468 e. The van der Waals surface area contributed by atoms with Gasteiger partial charge in [-0.1, -0.05) is 61.9 Å². The van der Waals surface area contributed by atoms with E-state index in [0.717, 1.165) is 32.1 Å². The van der Waals surface area contributed by atoms with Crippen molar-refractivity contribution in [1.29, 1.82) is 0 Å². The molecule has 0 radical (unpaired) electrons. The van der Waals surface area contributed by atoms with Gasteiger partial charge < -0.3 is 9.47 Å². The quantitative estimate of drug-likeness (QED) is 0.415. The first-order chi connectivity index (χ1) is 13.9. The molecule has 0 aliphatic heterocycles. The summed E-state index contributed by atoms with van der Waals surface area (Å²) in [6, 6.07) is 10.3. The van der Waals surface area contributed by atoms with Crippen LogP contribution in [-0.4, -0.2) is 18.7 Å². The van der Waals surface area contributed by atoms with Gasteiger partial charge in [-0.15, -0.1) is 0 Å². The Bertz CT molecular complexity index is 719. The summed E-state index contributed by atoms with van der Waals surface area (Å²) in [6.45, 7) is 8.53. The third-order valence-electron chi connectivity index (χ3n) is 6.97. The summed E-state index contributed by atoms with van der Waals surface area (Å²) in [7, 11) is 0. The Labute approximate surface area is 176 Å². The van der Waals surface area contributed by atoms with Crippen molar-refractivity contribution in [2.75, 3.05) is 6.61 Å². The van der Waals surface area contributed by atoms with Gasteiger partial charge in [0.25, 0.3) is 6.47 Å². The molecule has 0 unspecified atom stereocenters. The average molecular weight is 397 g/mol. The molecule has 0 saturated heterocycles. The number of rotatable bonds is 11. The molecule has 3 atom stereocenters. The van der Waals surface area contributed by atoms with E-state index in [1.807, 2.05) is 18.2 Å². The van der Waals surface area contributed by atoms with Gasteiger partial charge in [-0.05, 0) is 74.3 Å². The fourth-order valence-electron chi connectivity index (χ4n) is 5.13. The van der Waals surface area contributed by atoms with Gasteiger partial charge in [0.2, 0.25) is 0 Å². The van der Waals surface area contributed by atoms with Crippen LogP contribution in [0.1, 0.15) is 64.9 Å². The molecule has 0 bridgehead atoms. The van der Waals surface area contributed by atoms with Gasteiger partial charge in [0.1, 0.15) is 0 Å². The molecule has 0 spiro atoms. The Balaban J connectivity index is 1.54. The smallest absolute Gasteiger partial charge is 0.293 e. The molecule has 0 N–H and O–H groups in total. The van der Waals surface area contributed by atoms with Crippen molar-refractivity contribution >= 4 is 6.47 Å². The molecule has 3 heteroatoms. The normalized spacial score (nSPS) is 24.7. The van der Waals surface area contributed by atoms with E-state index in [1.54, 1.807) is 0 Å². The van der Waals surface area contributed by atoms with Gasteiger partial charge in [0, 0.05) is 0 Å². The van der Waals surface area contributed by atoms with Crippen LogP contribution in [0.15, 0.2) is 54.1 Å². The fraction of sp³-hybridized carbons (Fsp3) is 0.577. The third kappa shape index (κ3) is 5.60. The highest BCUT2D eigenvalue weighted by atomic mass is 16.5. The van der Waals surface area contributed by atoms with E-state index in [1.165, 1.54) is 17.6 Å². The summed E-state index contributed by atoms with van der Waals surface area (Å²) >= 11 is 0. The molecule has 0 saturated carbocycles. The highest BCUT2D eigenvalue weighted by Crippen LogP contribution is 2.53. The molecule has 3 rings (SSSR count). The Kier molecular flexibility index (Phi) is 7.34. The van der Waals surface area contributed by atoms with Crippen LogP contribution >= 0.6 is 0 Å². The number of carbonyl (C=O) groups is 1. The maximum Gasteiger partial charge on any atom is 0.293 e. The third-order valence-corrected chi connectivity index (χ3v) is 6.97. The van der Waals surface area contributed by atoms with Crippen LogP contribution < -0.4 is 0 Å². The van der Waals surface area contributed by atoms with Gasteiger partial charge in [-0.2, -0.15) is 0 Å². The van der Waals surface area contributed by atoms with Crippen LogP contribution in [0, 0.1) is 17.3 Å². The highest BCUT2D eigenvalue weighted by Gasteiger charge is 2.44. The summed E-state index contributed by atoms with van der Waals surface area (Å²) in [5, 5.41) is 0. The monoisotopic (exact) mass is 396 g/mol. The summed E-state index contributed by atoms with van der Waals surface area (Å²) in [5.41, 5.74) is 2.75. The molecule has 1 aromatic rings. The first kappa shape index (κ1) is 21.8. The summed E-state index contributed by atoms with van der Waals surface area (Å²) in [5.74, 6) is 0.950. The Hall–Kier alpha value is -1.87. The molecule has 0 heterocycles. The summed E-state index contributed by atoms with van der Waals surface area (Å²) in [4.78, 5) is 10.9. The van der Waals surface area contributed by atoms with Gasteiger partial charge in [0.15, 0.2) is 0 Å². The molecule has 1 aromatic carbocycles. The number of hydrogen-bond acceptors (Lipinski definition) is 3. The largest absolute Gasteiger partial charge is 0.468 e. The van der Waals surface area contributed by atoms with Crippen LogP contribution in [0.25, 0.3) is 0 Å². The molecule has 158 valence electrons. The number of fused-ring (bicyclic) bond motifs is 1. The van der Waals surface area contributed by atoms with Crippen molar-refractivity contribution < 1.29 is 14.3 Å². The first-order valence-corrected chi connectivity index (χ1v) is 11.0. The molecule has 0 amide bonds. The second kappa shape index (κ2) is 9.75. The SMILES string of the molecule is CC(C)(CCC[C@@H](COC=O)[C@H]1CC=C2C=CCC[C@@]21C)OCc1ccccc1. The van der Waals surface area contributed by atoms with Gasteiger partial charge in [0.05, 0.1) is 18.8 Å². The Morgan fingerprint density at radius 2 is 2.07 bits per heavy atom. The summed E-state index contributed by atoms with van der Waals surface area (Å²) < 4.78 is 11.5. The lowest BCUT2D eigenvalue weighted by Crippen LogP contribution is -2.34. The molecule has 2 aliphatic carbocycles. The van der Waals surface area contributed by atoms with Crippen LogP contribution in [-0.2, 0) is 20.9 Å². The van der Waals surface area contributed by atoms with Gasteiger partial charge in [-0.25, -0.2) is 0 Å². The van der Waals surface area contributed by atoms with E-state index in [9.17, 15) is 4.79 Å². The fourth-order valence-corrected chi connectivity index (χ4v) is 5.13. The number of ether oxygens (including phenoxy) is 2. The first-order valence-electron chi connectivity index (χ1n) is 11.0. The minimum absolute atomic E-state index is 0.164. The second-order valence-corrected chi connectivity index (χ2v) is 9.48. The Morgan fingerprint density at radius 1 is 1.28 bits per heavy atom. The number of benzene rings is 1. The molecule has 0 aromatic heterocycles. The van der Waals surface area contributed by atoms with Crippen molar-refractivity contribution in [3.63, 3.8) is 0 Å². The van der Waals surface area contributed by atoms with Crippen LogP contribution in [0.3, 0.4) is 0 Å². The molecular weight excluding hydrogens is 360 g/mol. The van der Waals surface area contributed by atoms with E-state index < -0.39 is 0 Å². The molecule has 3 nitrogen and oxygen atoms in total. The van der Waals surface area contributed by atoms with Crippen molar-refractivity contribution in [2.24, 2.45) is 17.3 Å². The van der Waals surface area contributed by atoms with Crippen LogP contribution in [0.5, 0.6) is 0 Å². The maximum atomic E-state index is 10.9. The van der Waals surface area contributed by atoms with Gasteiger partial charge in [-0.3, -0.25) is 4.79 Å². The van der Waals surface area contributed by atoms with E-state index in [2.05, 4.69) is 51.1 Å². The molecule has 0 fully saturated rings. The Morgan fingerprint density at radius 3 is 2.83 bits per heavy atom. The second-order valence-electron chi connectivity index (χ2n) is 9.48. The lowest BCUT2D eigenvalue weighted by Gasteiger charge is -2.40. The van der Waals surface area contributed by atoms with Crippen molar-refractivity contribution in [1.82, 2.24) is 0 Å². The topological polar surface area (TPSA) is 35.5 Å². The predicted octanol–water partition coefficient (Wildman–Crippen LogP) is 6.24. The van der Waals surface area contributed by atoms with Crippen LogP contribution in [0.4, 0.5) is 0 Å². The molecule has 2 aliphatic rings. The van der Waals surface area contributed by atoms with E-state index in [0.29, 0.717) is 31.5 Å². The van der Waals surface area contributed by atoms with Crippen molar-refractivity contribution in [3.8, 4) is 0 Å². The zero-order valence-electron chi connectivity index (χ0n) is 18.2. The minimum atomic E-state index is -0.164. The van der Waals surface area contributed by atoms with Crippen molar-refractivity contribution in [3.05, 3.63) is 59.7 Å². The number of allylic oxidation sites excluding steroid dienone is 4. The predicted molar refractivity (Wildman–Crippen MR) is 117 cm³/mol. The number of carbonyl (C=O) groups excluding carboxylic acids is 1. The standard InChI is InChI=1S/C26H36O3/c1-25(2,29-18-21-10-5-4-6-11-21)16-9-12-22(19-28-20-27)24-15-14-23-13-7-8-17-26(23,24)3/h4-7,10-11,13-14,20,22,24H,8-9,12,15-19H2,1-3H3/t22-,24+,26-/m0/s1. The highest BCUT2D eigenvalue weighted by molar-refractivity contribution is 5.37. The van der Waals surface area contributed by atoms with Gasteiger partial charge >= 0.3 is 0 Å². The van der Waals surface area contributed by atoms with E-state index >= 15 is 0 Å². The zero-order valence-corrected chi connectivity index (χ0v) is 18.2. The van der Waals surface area contributed by atoms with Crippen molar-refractivity contribution in [2.45, 2.75) is 71.5 Å². The molecular formula is C26H36O3. The number of hydrogen-bond donors (Lipinski definition) is 0. The lowest BCUT2D eigenvalue weighted by atomic mass is 9.65. The van der Waals surface area contributed by atoms with E-state index in [-0.39, 0.29) is 11.0 Å².